The third-order valence-electron chi connectivity index (χ3n) is 6.51. The molecule has 33 heavy (non-hydrogen) atoms. The first-order chi connectivity index (χ1) is 15.4. The fourth-order valence-corrected chi connectivity index (χ4v) is 5.25. The van der Waals surface area contributed by atoms with Crippen LogP contribution in [-0.4, -0.2) is 29.8 Å². The van der Waals surface area contributed by atoms with E-state index in [4.69, 9.17) is 9.98 Å². The molecule has 1 heterocycles. The largest absolute Gasteiger partial charge is 0.366 e. The lowest BCUT2D eigenvalue weighted by Gasteiger charge is -2.16. The minimum absolute atomic E-state index is 0. The van der Waals surface area contributed by atoms with E-state index >= 15 is 0 Å². The van der Waals surface area contributed by atoms with Crippen molar-refractivity contribution in [1.29, 1.82) is 0 Å². The number of aryl methyl sites for hydroxylation is 3. The summed E-state index contributed by atoms with van der Waals surface area (Å²) in [5, 5.41) is 3.40. The number of halogens is 1. The Bertz CT molecular complexity index is 1120. The summed E-state index contributed by atoms with van der Waals surface area (Å²) in [4.78, 5) is 11.9. The Hall–Kier alpha value is -2.17. The first-order valence-electron chi connectivity index (χ1n) is 11.9. The lowest BCUT2D eigenvalue weighted by atomic mass is 9.90. The number of benzene rings is 2. The van der Waals surface area contributed by atoms with Crippen LogP contribution in [0, 0.1) is 6.92 Å². The quantitative estimate of drug-likeness (QED) is 0.255. The molecule has 2 aromatic carbocycles. The fraction of sp³-hybridized carbons (Fsp3) is 0.429. The average Bonchev–Trinajstić information content (AvgIpc) is 3.26. The van der Waals surface area contributed by atoms with Gasteiger partial charge in [0.2, 0.25) is 0 Å². The first-order valence-corrected chi connectivity index (χ1v) is 12.8. The maximum absolute atomic E-state index is 5.03. The zero-order chi connectivity index (χ0) is 22.7. The summed E-state index contributed by atoms with van der Waals surface area (Å²) in [5.74, 6) is 0.448. The van der Waals surface area contributed by atoms with Crippen molar-refractivity contribution in [2.45, 2.75) is 65.7 Å². The van der Waals surface area contributed by atoms with Gasteiger partial charge < -0.3 is 4.90 Å². The number of thiazole rings is 1. The van der Waals surface area contributed by atoms with Gasteiger partial charge in [0.15, 0.2) is 0 Å². The molecule has 0 unspecified atom stereocenters. The molecular weight excluding hydrogens is 446 g/mol. The number of nitrogens with zero attached hydrogens (tertiary/aromatic N) is 3. The van der Waals surface area contributed by atoms with Crippen molar-refractivity contribution < 1.29 is 0 Å². The lowest BCUT2D eigenvalue weighted by Crippen LogP contribution is -2.14. The first kappa shape index (κ1) is 25.5. The van der Waals surface area contributed by atoms with Crippen LogP contribution in [0.2, 0.25) is 0 Å². The van der Waals surface area contributed by atoms with Crippen LogP contribution in [0.25, 0.3) is 11.3 Å². The van der Waals surface area contributed by atoms with Gasteiger partial charge in [-0.3, -0.25) is 0 Å². The molecule has 5 heteroatoms. The molecule has 4 rings (SSSR count). The monoisotopic (exact) mass is 481 g/mol. The van der Waals surface area contributed by atoms with Crippen molar-refractivity contribution in [3.63, 3.8) is 0 Å². The normalized spacial score (nSPS) is 13.3. The summed E-state index contributed by atoms with van der Waals surface area (Å²) in [6.07, 6.45) is 7.87. The highest BCUT2D eigenvalue weighted by molar-refractivity contribution is 7.10. The highest BCUT2D eigenvalue weighted by Crippen LogP contribution is 2.32. The van der Waals surface area contributed by atoms with E-state index in [1.54, 1.807) is 11.3 Å². The SMILES string of the molecule is CCN(C)C=Nc1cc(C(C)C)c(Cc2nc(-c3ccc4c(c3)CCCC4)cs2)cc1C.Cl. The van der Waals surface area contributed by atoms with Crippen molar-refractivity contribution in [2.24, 2.45) is 4.99 Å². The summed E-state index contributed by atoms with van der Waals surface area (Å²) < 4.78 is 0. The van der Waals surface area contributed by atoms with Gasteiger partial charge in [-0.05, 0) is 85.4 Å². The Labute approximate surface area is 209 Å². The number of hydrogen-bond acceptors (Lipinski definition) is 3. The third-order valence-corrected chi connectivity index (χ3v) is 7.36. The molecule has 0 bridgehead atoms. The molecule has 0 atom stereocenters. The van der Waals surface area contributed by atoms with Gasteiger partial charge in [0.05, 0.1) is 22.7 Å². The van der Waals surface area contributed by atoms with E-state index in [1.807, 2.05) is 6.34 Å². The van der Waals surface area contributed by atoms with Gasteiger partial charge in [-0.25, -0.2) is 9.98 Å². The molecule has 0 fully saturated rings. The van der Waals surface area contributed by atoms with Crippen molar-refractivity contribution in [3.8, 4) is 11.3 Å². The van der Waals surface area contributed by atoms with Crippen LogP contribution in [0.3, 0.4) is 0 Å². The van der Waals surface area contributed by atoms with Gasteiger partial charge >= 0.3 is 0 Å². The van der Waals surface area contributed by atoms with Crippen LogP contribution >= 0.6 is 23.7 Å². The molecule has 0 saturated heterocycles. The zero-order valence-corrected chi connectivity index (χ0v) is 22.2. The second-order valence-electron chi connectivity index (χ2n) is 9.30. The standard InChI is InChI=1S/C28H35N3S.ClH/c1-6-31(5)18-29-26-16-25(19(2)3)24(13-20(26)4)15-28-30-27(17-32-28)23-12-11-21-9-7-8-10-22(21)14-23;/h11-14,16-19H,6-10,15H2,1-5H3;1H. The Morgan fingerprint density at radius 2 is 1.88 bits per heavy atom. The van der Waals surface area contributed by atoms with Crippen molar-refractivity contribution in [1.82, 2.24) is 9.88 Å². The van der Waals surface area contributed by atoms with Gasteiger partial charge in [-0.15, -0.1) is 23.7 Å². The van der Waals surface area contributed by atoms with Crippen LogP contribution in [0.1, 0.15) is 72.4 Å². The topological polar surface area (TPSA) is 28.5 Å². The summed E-state index contributed by atoms with van der Waals surface area (Å²) >= 11 is 1.78. The smallest absolute Gasteiger partial charge is 0.0976 e. The summed E-state index contributed by atoms with van der Waals surface area (Å²) in [7, 11) is 2.05. The van der Waals surface area contributed by atoms with Crippen LogP contribution in [0.4, 0.5) is 5.69 Å². The molecule has 0 radical (unpaired) electrons. The van der Waals surface area contributed by atoms with Crippen molar-refractivity contribution in [2.75, 3.05) is 13.6 Å². The number of fused-ring (bicyclic) bond motifs is 1. The van der Waals surface area contributed by atoms with Gasteiger partial charge in [0.25, 0.3) is 0 Å². The average molecular weight is 482 g/mol. The van der Waals surface area contributed by atoms with Crippen LogP contribution < -0.4 is 0 Å². The molecule has 3 nitrogen and oxygen atoms in total. The Kier molecular flexibility index (Phi) is 8.72. The molecule has 1 aliphatic rings. The number of hydrogen-bond donors (Lipinski definition) is 0. The third kappa shape index (κ3) is 6.04. The Morgan fingerprint density at radius 3 is 2.61 bits per heavy atom. The molecule has 0 saturated carbocycles. The van der Waals surface area contributed by atoms with E-state index in [-0.39, 0.29) is 12.4 Å². The predicted octanol–water partition coefficient (Wildman–Crippen LogP) is 7.74. The van der Waals surface area contributed by atoms with Gasteiger partial charge in [-0.2, -0.15) is 0 Å². The molecule has 0 N–H and O–H groups in total. The minimum atomic E-state index is 0. The van der Waals surface area contributed by atoms with Crippen molar-refractivity contribution in [3.05, 3.63) is 68.5 Å². The van der Waals surface area contributed by atoms with E-state index in [1.165, 1.54) is 64.1 Å². The summed E-state index contributed by atoms with van der Waals surface area (Å²) in [5.41, 5.74) is 10.4. The number of aliphatic imine (C=N–C) groups is 1. The molecule has 0 aliphatic heterocycles. The molecule has 1 aromatic heterocycles. The molecule has 0 amide bonds. The Balaban J connectivity index is 0.00000306. The maximum Gasteiger partial charge on any atom is 0.0976 e. The van der Waals surface area contributed by atoms with Crippen molar-refractivity contribution >= 4 is 35.8 Å². The van der Waals surface area contributed by atoms with Gasteiger partial charge in [0.1, 0.15) is 0 Å². The van der Waals surface area contributed by atoms with E-state index < -0.39 is 0 Å². The summed E-state index contributed by atoms with van der Waals surface area (Å²) in [6.45, 7) is 9.77. The fourth-order valence-electron chi connectivity index (χ4n) is 4.42. The van der Waals surface area contributed by atoms with Gasteiger partial charge in [0, 0.05) is 31.0 Å². The molecule has 3 aromatic rings. The Morgan fingerprint density at radius 1 is 1.12 bits per heavy atom. The highest BCUT2D eigenvalue weighted by atomic mass is 35.5. The minimum Gasteiger partial charge on any atom is -0.366 e. The number of rotatable bonds is 7. The highest BCUT2D eigenvalue weighted by Gasteiger charge is 2.15. The van der Waals surface area contributed by atoms with Gasteiger partial charge in [-0.1, -0.05) is 32.0 Å². The lowest BCUT2D eigenvalue weighted by molar-refractivity contribution is 0.552. The van der Waals surface area contributed by atoms with Crippen LogP contribution in [0.15, 0.2) is 40.7 Å². The van der Waals surface area contributed by atoms with Crippen LogP contribution in [-0.2, 0) is 19.3 Å². The molecule has 176 valence electrons. The van der Waals surface area contributed by atoms with E-state index in [2.05, 4.69) is 75.4 Å². The van der Waals surface area contributed by atoms with Crippen LogP contribution in [0.5, 0.6) is 0 Å². The zero-order valence-electron chi connectivity index (χ0n) is 20.5. The predicted molar refractivity (Wildman–Crippen MR) is 146 cm³/mol. The van der Waals surface area contributed by atoms with E-state index in [0.717, 1.165) is 24.3 Å². The molecule has 0 spiro atoms. The van der Waals surface area contributed by atoms with E-state index in [0.29, 0.717) is 5.92 Å². The molecular formula is C28H36ClN3S. The maximum atomic E-state index is 5.03. The summed E-state index contributed by atoms with van der Waals surface area (Å²) in [6, 6.07) is 11.5. The van der Waals surface area contributed by atoms with E-state index in [9.17, 15) is 0 Å². The second kappa shape index (κ2) is 11.3. The molecule has 1 aliphatic carbocycles. The second-order valence-corrected chi connectivity index (χ2v) is 10.2. The number of aromatic nitrogens is 1.